The lowest BCUT2D eigenvalue weighted by atomic mass is 10.0. The minimum atomic E-state index is -0.993. The molecule has 1 atom stereocenters. The SMILES string of the molecule is CC(=O)c1c(C)[nH]c(C(=O)[C@H](C)OC(=O)COc2ccc(Br)cc2)c1C. The fourth-order valence-corrected chi connectivity index (χ4v) is 2.95. The number of carbonyl (C=O) groups is 3. The number of hydrogen-bond donors (Lipinski definition) is 1. The van der Waals surface area contributed by atoms with Crippen molar-refractivity contribution < 1.29 is 23.9 Å². The smallest absolute Gasteiger partial charge is 0.344 e. The molecule has 26 heavy (non-hydrogen) atoms. The molecule has 0 saturated heterocycles. The first-order valence-electron chi connectivity index (χ1n) is 8.02. The molecule has 0 amide bonds. The largest absolute Gasteiger partial charge is 0.482 e. The average molecular weight is 422 g/mol. The van der Waals surface area contributed by atoms with Crippen molar-refractivity contribution in [1.82, 2.24) is 4.98 Å². The Hall–Kier alpha value is -2.41. The number of ether oxygens (including phenoxy) is 2. The van der Waals surface area contributed by atoms with Gasteiger partial charge in [0.1, 0.15) is 5.75 Å². The predicted octanol–water partition coefficient (Wildman–Crippen LogP) is 3.79. The summed E-state index contributed by atoms with van der Waals surface area (Å²) in [6.07, 6.45) is -0.993. The lowest BCUT2D eigenvalue weighted by Gasteiger charge is -2.13. The van der Waals surface area contributed by atoms with Gasteiger partial charge in [0.05, 0.1) is 5.69 Å². The van der Waals surface area contributed by atoms with Crippen molar-refractivity contribution in [3.8, 4) is 5.75 Å². The van der Waals surface area contributed by atoms with Crippen LogP contribution in [0.4, 0.5) is 0 Å². The van der Waals surface area contributed by atoms with Gasteiger partial charge in [-0.25, -0.2) is 4.79 Å². The average Bonchev–Trinajstić information content (AvgIpc) is 2.88. The molecule has 2 rings (SSSR count). The topological polar surface area (TPSA) is 85.5 Å². The Labute approximate surface area is 160 Å². The zero-order chi connectivity index (χ0) is 19.4. The second-order valence-corrected chi connectivity index (χ2v) is 6.84. The molecule has 0 bridgehead atoms. The molecule has 6 nitrogen and oxygen atoms in total. The van der Waals surface area contributed by atoms with Gasteiger partial charge in [0.25, 0.3) is 0 Å². The number of aryl methyl sites for hydroxylation is 1. The van der Waals surface area contributed by atoms with Crippen LogP contribution in [0.2, 0.25) is 0 Å². The molecule has 0 unspecified atom stereocenters. The maximum Gasteiger partial charge on any atom is 0.344 e. The van der Waals surface area contributed by atoms with Gasteiger partial charge in [0, 0.05) is 15.7 Å². The van der Waals surface area contributed by atoms with Crippen LogP contribution in [0.15, 0.2) is 28.7 Å². The lowest BCUT2D eigenvalue weighted by molar-refractivity contribution is -0.148. The standard InChI is InChI=1S/C19H20BrNO5/c1-10-17(12(3)22)11(2)21-18(10)19(24)13(4)26-16(23)9-25-15-7-5-14(20)6-8-15/h5-8,13,21H,9H2,1-4H3/t13-/m0/s1. The molecule has 0 fully saturated rings. The molecule has 1 aromatic carbocycles. The van der Waals surface area contributed by atoms with E-state index in [9.17, 15) is 14.4 Å². The van der Waals surface area contributed by atoms with E-state index in [0.717, 1.165) is 4.47 Å². The number of rotatable bonds is 7. The number of Topliss-reactive ketones (excluding diaryl/α,β-unsaturated/α-hetero) is 2. The van der Waals surface area contributed by atoms with E-state index in [-0.39, 0.29) is 18.1 Å². The minimum Gasteiger partial charge on any atom is -0.482 e. The third kappa shape index (κ3) is 4.60. The molecule has 0 aliphatic carbocycles. The van der Waals surface area contributed by atoms with E-state index in [1.165, 1.54) is 13.8 Å². The third-order valence-electron chi connectivity index (χ3n) is 3.88. The number of halogens is 1. The maximum atomic E-state index is 12.5. The number of hydrogen-bond acceptors (Lipinski definition) is 5. The lowest BCUT2D eigenvalue weighted by Crippen LogP contribution is -2.28. The van der Waals surface area contributed by atoms with Gasteiger partial charge in [-0.3, -0.25) is 9.59 Å². The van der Waals surface area contributed by atoms with Gasteiger partial charge in [-0.15, -0.1) is 0 Å². The van der Waals surface area contributed by atoms with Crippen LogP contribution in [0.25, 0.3) is 0 Å². The van der Waals surface area contributed by atoms with E-state index in [4.69, 9.17) is 9.47 Å². The Morgan fingerprint density at radius 1 is 1.15 bits per heavy atom. The van der Waals surface area contributed by atoms with E-state index in [1.54, 1.807) is 38.1 Å². The highest BCUT2D eigenvalue weighted by Crippen LogP contribution is 2.20. The van der Waals surface area contributed by atoms with E-state index < -0.39 is 17.9 Å². The summed E-state index contributed by atoms with van der Waals surface area (Å²) in [5.41, 5.74) is 1.96. The molecule has 0 aliphatic rings. The molecule has 0 radical (unpaired) electrons. The maximum absolute atomic E-state index is 12.5. The monoisotopic (exact) mass is 421 g/mol. The van der Waals surface area contributed by atoms with Crippen LogP contribution in [0.3, 0.4) is 0 Å². The molecule has 0 spiro atoms. The number of carbonyl (C=O) groups excluding carboxylic acids is 3. The van der Waals surface area contributed by atoms with Crippen molar-refractivity contribution in [2.24, 2.45) is 0 Å². The molecular weight excluding hydrogens is 402 g/mol. The van der Waals surface area contributed by atoms with Crippen LogP contribution >= 0.6 is 15.9 Å². The predicted molar refractivity (Wildman–Crippen MR) is 99.8 cm³/mol. The number of aromatic amines is 1. The van der Waals surface area contributed by atoms with Gasteiger partial charge < -0.3 is 14.5 Å². The zero-order valence-corrected chi connectivity index (χ0v) is 16.6. The first kappa shape index (κ1) is 19.9. The van der Waals surface area contributed by atoms with Crippen molar-refractivity contribution in [2.75, 3.05) is 6.61 Å². The number of ketones is 2. The Kier molecular flexibility index (Phi) is 6.37. The molecule has 1 N–H and O–H groups in total. The summed E-state index contributed by atoms with van der Waals surface area (Å²) in [4.78, 5) is 39.0. The molecule has 0 saturated carbocycles. The van der Waals surface area contributed by atoms with Crippen LogP contribution in [-0.4, -0.2) is 35.2 Å². The molecule has 1 heterocycles. The van der Waals surface area contributed by atoms with Crippen LogP contribution < -0.4 is 4.74 Å². The summed E-state index contributed by atoms with van der Waals surface area (Å²) in [7, 11) is 0. The van der Waals surface area contributed by atoms with Crippen molar-refractivity contribution in [2.45, 2.75) is 33.8 Å². The number of benzene rings is 1. The summed E-state index contributed by atoms with van der Waals surface area (Å²) >= 11 is 3.31. The quantitative estimate of drug-likeness (QED) is 0.542. The Balaban J connectivity index is 1.98. The second kappa shape index (κ2) is 8.31. The molecular formula is C19H20BrNO5. The van der Waals surface area contributed by atoms with Crippen molar-refractivity contribution in [1.29, 1.82) is 0 Å². The Bertz CT molecular complexity index is 838. The van der Waals surface area contributed by atoms with Gasteiger partial charge in [-0.05, 0) is 57.5 Å². The fourth-order valence-electron chi connectivity index (χ4n) is 2.69. The summed E-state index contributed by atoms with van der Waals surface area (Å²) in [6, 6.07) is 6.99. The number of esters is 1. The second-order valence-electron chi connectivity index (χ2n) is 5.92. The summed E-state index contributed by atoms with van der Waals surface area (Å²) in [6.45, 7) is 6.05. The van der Waals surface area contributed by atoms with Crippen molar-refractivity contribution in [3.05, 3.63) is 51.3 Å². The van der Waals surface area contributed by atoms with Gasteiger partial charge in [0.15, 0.2) is 18.5 Å². The van der Waals surface area contributed by atoms with Gasteiger partial charge in [-0.1, -0.05) is 15.9 Å². The molecule has 7 heteroatoms. The van der Waals surface area contributed by atoms with E-state index in [1.807, 2.05) is 0 Å². The normalized spacial score (nSPS) is 11.7. The van der Waals surface area contributed by atoms with Gasteiger partial charge in [0.2, 0.25) is 5.78 Å². The molecule has 0 aliphatic heterocycles. The van der Waals surface area contributed by atoms with Crippen LogP contribution in [0, 0.1) is 13.8 Å². The number of nitrogens with one attached hydrogen (secondary N) is 1. The van der Waals surface area contributed by atoms with E-state index in [2.05, 4.69) is 20.9 Å². The first-order chi connectivity index (χ1) is 12.2. The van der Waals surface area contributed by atoms with E-state index in [0.29, 0.717) is 22.6 Å². The number of H-pyrrole nitrogens is 1. The molecule has 2 aromatic rings. The fraction of sp³-hybridized carbons (Fsp3) is 0.316. The third-order valence-corrected chi connectivity index (χ3v) is 4.41. The van der Waals surface area contributed by atoms with E-state index >= 15 is 0 Å². The highest BCUT2D eigenvalue weighted by atomic mass is 79.9. The van der Waals surface area contributed by atoms with Crippen molar-refractivity contribution >= 4 is 33.5 Å². The highest BCUT2D eigenvalue weighted by Gasteiger charge is 2.26. The van der Waals surface area contributed by atoms with Crippen LogP contribution in [0.1, 0.15) is 46.0 Å². The van der Waals surface area contributed by atoms with Crippen molar-refractivity contribution in [3.63, 3.8) is 0 Å². The first-order valence-corrected chi connectivity index (χ1v) is 8.82. The summed E-state index contributed by atoms with van der Waals surface area (Å²) in [5, 5.41) is 0. The van der Waals surface area contributed by atoms with Gasteiger partial charge in [-0.2, -0.15) is 0 Å². The van der Waals surface area contributed by atoms with Gasteiger partial charge >= 0.3 is 5.97 Å². The molecule has 138 valence electrons. The Morgan fingerprint density at radius 2 is 1.77 bits per heavy atom. The summed E-state index contributed by atoms with van der Waals surface area (Å²) in [5.74, 6) is -0.648. The molecule has 1 aromatic heterocycles. The van der Waals surface area contributed by atoms with Crippen LogP contribution in [0.5, 0.6) is 5.75 Å². The Morgan fingerprint density at radius 3 is 2.31 bits per heavy atom. The van der Waals surface area contributed by atoms with Crippen LogP contribution in [-0.2, 0) is 9.53 Å². The minimum absolute atomic E-state index is 0.122. The summed E-state index contributed by atoms with van der Waals surface area (Å²) < 4.78 is 11.4. The highest BCUT2D eigenvalue weighted by molar-refractivity contribution is 9.10. The number of aromatic nitrogens is 1. The zero-order valence-electron chi connectivity index (χ0n) is 15.0.